The molecule has 1 aliphatic rings. The molecule has 1 aliphatic carbocycles. The van der Waals surface area contributed by atoms with Crippen molar-refractivity contribution < 1.29 is 4.74 Å². The molecule has 0 heterocycles. The second-order valence-electron chi connectivity index (χ2n) is 6.44. The third kappa shape index (κ3) is 5.65. The maximum absolute atomic E-state index is 6.13. The van der Waals surface area contributed by atoms with E-state index in [0.29, 0.717) is 0 Å². The molecule has 134 valence electrons. The summed E-state index contributed by atoms with van der Waals surface area (Å²) in [6.45, 7) is 4.37. The second-order valence-corrected chi connectivity index (χ2v) is 6.88. The van der Waals surface area contributed by atoms with Crippen LogP contribution < -0.4 is 10.6 Å². The molecule has 2 rings (SSSR count). The molecule has 0 atom stereocenters. The Kier molecular flexibility index (Phi) is 7.34. The fourth-order valence-corrected chi connectivity index (χ4v) is 2.92. The number of guanidine groups is 1. The van der Waals surface area contributed by atoms with Crippen molar-refractivity contribution >= 4 is 17.6 Å². The molecule has 1 fully saturated rings. The number of ether oxygens (including phenoxy) is 1. The molecule has 1 aromatic carbocycles. The Bertz CT molecular complexity index is 546. The first-order chi connectivity index (χ1) is 11.6. The summed E-state index contributed by atoms with van der Waals surface area (Å²) in [6.07, 6.45) is 2.38. The summed E-state index contributed by atoms with van der Waals surface area (Å²) < 4.78 is 5.09. The molecule has 0 amide bonds. The molecule has 0 unspecified atom stereocenters. The molecule has 24 heavy (non-hydrogen) atoms. The molecule has 0 saturated heterocycles. The van der Waals surface area contributed by atoms with Gasteiger partial charge in [0.25, 0.3) is 0 Å². The van der Waals surface area contributed by atoms with Gasteiger partial charge in [0.1, 0.15) is 0 Å². The lowest BCUT2D eigenvalue weighted by atomic mass is 9.96. The molecule has 0 aliphatic heterocycles. The minimum absolute atomic E-state index is 0.206. The third-order valence-corrected chi connectivity index (χ3v) is 4.81. The maximum Gasteiger partial charge on any atom is 0.191 e. The normalized spacial score (nSPS) is 16.3. The van der Waals surface area contributed by atoms with Crippen LogP contribution in [-0.2, 0) is 10.2 Å². The van der Waals surface area contributed by atoms with E-state index in [1.807, 2.05) is 19.2 Å². The summed E-state index contributed by atoms with van der Waals surface area (Å²) in [4.78, 5) is 6.55. The second kappa shape index (κ2) is 9.25. The van der Waals surface area contributed by atoms with Crippen molar-refractivity contribution in [2.24, 2.45) is 4.99 Å². The Hall–Kier alpha value is -1.30. The van der Waals surface area contributed by atoms with E-state index in [9.17, 15) is 0 Å². The van der Waals surface area contributed by atoms with E-state index >= 15 is 0 Å². The van der Waals surface area contributed by atoms with Crippen LogP contribution in [0.15, 0.2) is 29.3 Å². The number of aliphatic imine (C=N–C) groups is 1. The molecule has 0 radical (unpaired) electrons. The Morgan fingerprint density at radius 2 is 2.12 bits per heavy atom. The number of likely N-dealkylation sites (N-methyl/N-ethyl adjacent to an activating group) is 1. The van der Waals surface area contributed by atoms with Gasteiger partial charge in [0.05, 0.1) is 6.61 Å². The highest BCUT2D eigenvalue weighted by molar-refractivity contribution is 6.30. The van der Waals surface area contributed by atoms with Crippen molar-refractivity contribution in [2.45, 2.75) is 18.3 Å². The predicted molar refractivity (Wildman–Crippen MR) is 101 cm³/mol. The summed E-state index contributed by atoms with van der Waals surface area (Å²) in [5.74, 6) is 0.850. The van der Waals surface area contributed by atoms with Gasteiger partial charge in [-0.15, -0.1) is 0 Å². The summed E-state index contributed by atoms with van der Waals surface area (Å²) in [6, 6.07) is 8.20. The summed E-state index contributed by atoms with van der Waals surface area (Å²) in [7, 11) is 5.63. The van der Waals surface area contributed by atoms with Crippen LogP contribution in [0.5, 0.6) is 0 Å². The molecule has 0 aromatic heterocycles. The number of methoxy groups -OCH3 is 1. The van der Waals surface area contributed by atoms with Crippen LogP contribution in [0.2, 0.25) is 5.02 Å². The lowest BCUT2D eigenvalue weighted by Crippen LogP contribution is -2.43. The summed E-state index contributed by atoms with van der Waals surface area (Å²) >= 11 is 6.13. The first-order valence-corrected chi connectivity index (χ1v) is 8.85. The zero-order valence-electron chi connectivity index (χ0n) is 14.9. The van der Waals surface area contributed by atoms with Gasteiger partial charge in [-0.3, -0.25) is 4.99 Å². The Morgan fingerprint density at radius 3 is 2.75 bits per heavy atom. The fraction of sp³-hybridized carbons (Fsp3) is 0.611. The average Bonchev–Trinajstić information content (AvgIpc) is 3.37. The standard InChI is InChI=1S/C18H29ClN4O/c1-20-17(21-9-10-23(2)11-12-24-3)22-14-18(7-8-18)15-5-4-6-16(19)13-15/h4-6,13H,7-12,14H2,1-3H3,(H2,20,21,22). The Morgan fingerprint density at radius 1 is 1.33 bits per heavy atom. The van der Waals surface area contributed by atoms with Crippen LogP contribution in [0.25, 0.3) is 0 Å². The van der Waals surface area contributed by atoms with Crippen molar-refractivity contribution in [2.75, 3.05) is 54.0 Å². The highest BCUT2D eigenvalue weighted by Crippen LogP contribution is 2.48. The zero-order valence-corrected chi connectivity index (χ0v) is 15.7. The highest BCUT2D eigenvalue weighted by Gasteiger charge is 2.44. The van der Waals surface area contributed by atoms with Gasteiger partial charge in [-0.05, 0) is 37.6 Å². The molecular formula is C18H29ClN4O. The van der Waals surface area contributed by atoms with Crippen molar-refractivity contribution in [3.63, 3.8) is 0 Å². The number of rotatable bonds is 9. The molecular weight excluding hydrogens is 324 g/mol. The van der Waals surface area contributed by atoms with Crippen molar-refractivity contribution in [1.29, 1.82) is 0 Å². The van der Waals surface area contributed by atoms with Crippen LogP contribution in [-0.4, -0.2) is 64.9 Å². The fourth-order valence-electron chi connectivity index (χ4n) is 2.73. The van der Waals surface area contributed by atoms with Gasteiger partial charge in [-0.2, -0.15) is 0 Å². The minimum Gasteiger partial charge on any atom is -0.383 e. The molecule has 0 spiro atoms. The molecule has 2 N–H and O–H groups in total. The maximum atomic E-state index is 6.13. The van der Waals surface area contributed by atoms with Gasteiger partial charge in [0, 0.05) is 50.8 Å². The van der Waals surface area contributed by atoms with Gasteiger partial charge < -0.3 is 20.3 Å². The van der Waals surface area contributed by atoms with E-state index in [-0.39, 0.29) is 5.41 Å². The van der Waals surface area contributed by atoms with E-state index < -0.39 is 0 Å². The number of hydrogen-bond donors (Lipinski definition) is 2. The minimum atomic E-state index is 0.206. The Labute approximate surface area is 150 Å². The highest BCUT2D eigenvalue weighted by atomic mass is 35.5. The number of hydrogen-bond acceptors (Lipinski definition) is 3. The number of benzene rings is 1. The SMILES string of the molecule is CN=C(NCCN(C)CCOC)NCC1(c2cccc(Cl)c2)CC1. The molecule has 6 heteroatoms. The van der Waals surface area contributed by atoms with Gasteiger partial charge in [-0.1, -0.05) is 23.7 Å². The quantitative estimate of drug-likeness (QED) is 0.528. The van der Waals surface area contributed by atoms with Gasteiger partial charge in [0.2, 0.25) is 0 Å². The molecule has 5 nitrogen and oxygen atoms in total. The van der Waals surface area contributed by atoms with E-state index in [2.05, 4.69) is 39.7 Å². The number of nitrogens with zero attached hydrogens (tertiary/aromatic N) is 2. The zero-order chi connectivity index (χ0) is 17.4. The molecule has 1 aromatic rings. The van der Waals surface area contributed by atoms with Crippen molar-refractivity contribution in [3.05, 3.63) is 34.9 Å². The largest absolute Gasteiger partial charge is 0.383 e. The lowest BCUT2D eigenvalue weighted by Gasteiger charge is -2.21. The van der Waals surface area contributed by atoms with Gasteiger partial charge in [0.15, 0.2) is 5.96 Å². The predicted octanol–water partition coefficient (Wildman–Crippen LogP) is 2.11. The van der Waals surface area contributed by atoms with Crippen molar-refractivity contribution in [3.8, 4) is 0 Å². The van der Waals surface area contributed by atoms with Crippen LogP contribution in [0.3, 0.4) is 0 Å². The first kappa shape index (κ1) is 19.0. The van der Waals surface area contributed by atoms with E-state index in [0.717, 1.165) is 43.8 Å². The van der Waals surface area contributed by atoms with Gasteiger partial charge in [-0.25, -0.2) is 0 Å². The lowest BCUT2D eigenvalue weighted by molar-refractivity contribution is 0.162. The van der Waals surface area contributed by atoms with Crippen LogP contribution >= 0.6 is 11.6 Å². The smallest absolute Gasteiger partial charge is 0.191 e. The number of halogens is 1. The van der Waals surface area contributed by atoms with Crippen LogP contribution in [0.4, 0.5) is 0 Å². The summed E-state index contributed by atoms with van der Waals surface area (Å²) in [5.41, 5.74) is 1.52. The van der Waals surface area contributed by atoms with E-state index in [4.69, 9.17) is 16.3 Å². The van der Waals surface area contributed by atoms with E-state index in [1.165, 1.54) is 18.4 Å². The molecule has 0 bridgehead atoms. The summed E-state index contributed by atoms with van der Waals surface area (Å²) in [5, 5.41) is 7.64. The van der Waals surface area contributed by atoms with E-state index in [1.54, 1.807) is 7.11 Å². The van der Waals surface area contributed by atoms with Gasteiger partial charge >= 0.3 is 0 Å². The topological polar surface area (TPSA) is 48.9 Å². The average molecular weight is 353 g/mol. The number of nitrogens with one attached hydrogen (secondary N) is 2. The Balaban J connectivity index is 1.76. The van der Waals surface area contributed by atoms with Crippen LogP contribution in [0.1, 0.15) is 18.4 Å². The van der Waals surface area contributed by atoms with Crippen molar-refractivity contribution in [1.82, 2.24) is 15.5 Å². The third-order valence-electron chi connectivity index (χ3n) is 4.57. The van der Waals surface area contributed by atoms with Crippen LogP contribution in [0, 0.1) is 0 Å². The first-order valence-electron chi connectivity index (χ1n) is 8.48. The molecule has 1 saturated carbocycles. The monoisotopic (exact) mass is 352 g/mol.